The van der Waals surface area contributed by atoms with Gasteiger partial charge in [0.15, 0.2) is 0 Å². The molecule has 0 amide bonds. The van der Waals surface area contributed by atoms with Crippen molar-refractivity contribution in [3.63, 3.8) is 0 Å². The summed E-state index contributed by atoms with van der Waals surface area (Å²) in [5.41, 5.74) is 0. The lowest BCUT2D eigenvalue weighted by atomic mass is 10.3. The maximum absolute atomic E-state index is 12.1. The molecule has 0 aliphatic carbocycles. The minimum Gasteiger partial charge on any atom is -0.494 e. The summed E-state index contributed by atoms with van der Waals surface area (Å²) in [6.45, 7) is 4.05. The van der Waals surface area contributed by atoms with Gasteiger partial charge in [-0.15, -0.1) is 0 Å². The van der Waals surface area contributed by atoms with Gasteiger partial charge in [0.2, 0.25) is 10.0 Å². The molecule has 2 rings (SSSR count). The largest absolute Gasteiger partial charge is 0.494 e. The standard InChI is InChI=1S/C13H19NO3S/c1-2-3-11-17-12-5-7-13(8-6-12)18(15,16)14-9-4-10-14/h5-8H,2-4,9-11H2,1H3. The first kappa shape index (κ1) is 13.4. The van der Waals surface area contributed by atoms with Crippen molar-refractivity contribution < 1.29 is 13.2 Å². The highest BCUT2D eigenvalue weighted by Crippen LogP contribution is 2.23. The lowest BCUT2D eigenvalue weighted by Gasteiger charge is -2.29. The van der Waals surface area contributed by atoms with Crippen LogP contribution in [0.15, 0.2) is 29.2 Å². The number of benzene rings is 1. The van der Waals surface area contributed by atoms with Crippen LogP contribution in [-0.2, 0) is 10.0 Å². The lowest BCUT2D eigenvalue weighted by Crippen LogP contribution is -2.41. The van der Waals surface area contributed by atoms with Gasteiger partial charge in [-0.2, -0.15) is 4.31 Å². The van der Waals surface area contributed by atoms with E-state index in [1.54, 1.807) is 24.3 Å². The van der Waals surface area contributed by atoms with Crippen LogP contribution < -0.4 is 4.74 Å². The lowest BCUT2D eigenvalue weighted by molar-refractivity contribution is 0.307. The first-order valence-electron chi connectivity index (χ1n) is 6.37. The summed E-state index contributed by atoms with van der Waals surface area (Å²) >= 11 is 0. The van der Waals surface area contributed by atoms with E-state index < -0.39 is 10.0 Å². The molecule has 0 spiro atoms. The minimum absolute atomic E-state index is 0.352. The van der Waals surface area contributed by atoms with Crippen LogP contribution in [0.25, 0.3) is 0 Å². The second-order valence-electron chi connectivity index (χ2n) is 4.43. The second-order valence-corrected chi connectivity index (χ2v) is 6.37. The Balaban J connectivity index is 2.03. The fourth-order valence-electron chi connectivity index (χ4n) is 1.72. The number of rotatable bonds is 6. The molecule has 0 saturated carbocycles. The van der Waals surface area contributed by atoms with Crippen molar-refractivity contribution in [3.8, 4) is 5.75 Å². The zero-order valence-electron chi connectivity index (χ0n) is 10.6. The van der Waals surface area contributed by atoms with Crippen LogP contribution in [0.4, 0.5) is 0 Å². The molecule has 1 saturated heterocycles. The Morgan fingerprint density at radius 2 is 1.89 bits per heavy atom. The molecule has 1 fully saturated rings. The number of hydrogen-bond acceptors (Lipinski definition) is 3. The highest BCUT2D eigenvalue weighted by atomic mass is 32.2. The normalized spacial score (nSPS) is 16.3. The van der Waals surface area contributed by atoms with E-state index in [0.717, 1.165) is 25.0 Å². The smallest absolute Gasteiger partial charge is 0.243 e. The van der Waals surface area contributed by atoms with Crippen LogP contribution in [0, 0.1) is 0 Å². The van der Waals surface area contributed by atoms with Gasteiger partial charge in [-0.05, 0) is 37.1 Å². The van der Waals surface area contributed by atoms with Crippen LogP contribution in [0.5, 0.6) is 5.75 Å². The Morgan fingerprint density at radius 3 is 2.39 bits per heavy atom. The van der Waals surface area contributed by atoms with Crippen LogP contribution in [0.3, 0.4) is 0 Å². The van der Waals surface area contributed by atoms with E-state index in [9.17, 15) is 8.42 Å². The van der Waals surface area contributed by atoms with Gasteiger partial charge in [0.25, 0.3) is 0 Å². The van der Waals surface area contributed by atoms with E-state index in [-0.39, 0.29) is 0 Å². The van der Waals surface area contributed by atoms with E-state index in [2.05, 4.69) is 6.92 Å². The summed E-state index contributed by atoms with van der Waals surface area (Å²) < 4.78 is 31.1. The molecule has 0 unspecified atom stereocenters. The molecule has 1 heterocycles. The molecule has 1 aliphatic heterocycles. The molecule has 100 valence electrons. The van der Waals surface area contributed by atoms with Gasteiger partial charge in [0, 0.05) is 13.1 Å². The maximum atomic E-state index is 12.1. The summed E-state index contributed by atoms with van der Waals surface area (Å²) in [4.78, 5) is 0.352. The molecular weight excluding hydrogens is 250 g/mol. The van der Waals surface area contributed by atoms with Crippen molar-refractivity contribution in [2.75, 3.05) is 19.7 Å². The average Bonchev–Trinajstić information content (AvgIpc) is 2.27. The monoisotopic (exact) mass is 269 g/mol. The third-order valence-corrected chi connectivity index (χ3v) is 4.96. The highest BCUT2D eigenvalue weighted by molar-refractivity contribution is 7.89. The van der Waals surface area contributed by atoms with Crippen molar-refractivity contribution in [3.05, 3.63) is 24.3 Å². The average molecular weight is 269 g/mol. The molecular formula is C13H19NO3S. The second kappa shape index (κ2) is 5.71. The van der Waals surface area contributed by atoms with E-state index in [4.69, 9.17) is 4.74 Å². The molecule has 0 N–H and O–H groups in total. The molecule has 0 atom stereocenters. The number of hydrogen-bond donors (Lipinski definition) is 0. The molecule has 1 aliphatic rings. The van der Waals surface area contributed by atoms with E-state index >= 15 is 0 Å². The van der Waals surface area contributed by atoms with Crippen LogP contribution in [0.2, 0.25) is 0 Å². The molecule has 18 heavy (non-hydrogen) atoms. The Bertz CT molecular complexity index is 477. The third kappa shape index (κ3) is 2.84. The quantitative estimate of drug-likeness (QED) is 0.744. The van der Waals surface area contributed by atoms with E-state index in [0.29, 0.717) is 24.6 Å². The first-order valence-corrected chi connectivity index (χ1v) is 7.81. The minimum atomic E-state index is -3.27. The summed E-state index contributed by atoms with van der Waals surface area (Å²) in [6, 6.07) is 6.69. The van der Waals surface area contributed by atoms with Gasteiger partial charge in [0.05, 0.1) is 11.5 Å². The molecule has 0 bridgehead atoms. The number of ether oxygens (including phenoxy) is 1. The van der Waals surface area contributed by atoms with Crippen LogP contribution >= 0.6 is 0 Å². The SMILES string of the molecule is CCCCOc1ccc(S(=O)(=O)N2CCC2)cc1. The zero-order chi connectivity index (χ0) is 13.0. The predicted molar refractivity (Wildman–Crippen MR) is 70.2 cm³/mol. The Labute approximate surface area is 109 Å². The van der Waals surface area contributed by atoms with Crippen molar-refractivity contribution in [2.24, 2.45) is 0 Å². The Hall–Kier alpha value is -1.07. The zero-order valence-corrected chi connectivity index (χ0v) is 11.4. The van der Waals surface area contributed by atoms with Crippen LogP contribution in [-0.4, -0.2) is 32.4 Å². The van der Waals surface area contributed by atoms with Gasteiger partial charge in [-0.25, -0.2) is 8.42 Å². The molecule has 0 radical (unpaired) electrons. The predicted octanol–water partition coefficient (Wildman–Crippen LogP) is 2.26. The molecule has 5 heteroatoms. The van der Waals surface area contributed by atoms with E-state index in [1.165, 1.54) is 4.31 Å². The maximum Gasteiger partial charge on any atom is 0.243 e. The fraction of sp³-hybridized carbons (Fsp3) is 0.538. The van der Waals surface area contributed by atoms with E-state index in [1.807, 2.05) is 0 Å². The van der Waals surface area contributed by atoms with Crippen molar-refractivity contribution in [1.82, 2.24) is 4.31 Å². The summed E-state index contributed by atoms with van der Waals surface area (Å²) in [7, 11) is -3.27. The molecule has 1 aromatic carbocycles. The Morgan fingerprint density at radius 1 is 1.22 bits per heavy atom. The third-order valence-electron chi connectivity index (χ3n) is 3.04. The summed E-state index contributed by atoms with van der Waals surface area (Å²) in [6.07, 6.45) is 3.05. The van der Waals surface area contributed by atoms with Crippen molar-refractivity contribution >= 4 is 10.0 Å². The summed E-state index contributed by atoms with van der Waals surface area (Å²) in [5.74, 6) is 0.728. The molecule has 4 nitrogen and oxygen atoms in total. The highest BCUT2D eigenvalue weighted by Gasteiger charge is 2.28. The molecule has 1 aromatic rings. The Kier molecular flexibility index (Phi) is 4.24. The van der Waals surface area contributed by atoms with Crippen LogP contribution in [0.1, 0.15) is 26.2 Å². The first-order chi connectivity index (χ1) is 8.64. The van der Waals surface area contributed by atoms with Gasteiger partial charge >= 0.3 is 0 Å². The fourth-order valence-corrected chi connectivity index (χ4v) is 3.24. The number of sulfonamides is 1. The van der Waals surface area contributed by atoms with Crippen molar-refractivity contribution in [2.45, 2.75) is 31.1 Å². The van der Waals surface area contributed by atoms with Gasteiger partial charge in [-0.1, -0.05) is 13.3 Å². The molecule has 0 aromatic heterocycles. The van der Waals surface area contributed by atoms with Gasteiger partial charge in [0.1, 0.15) is 5.75 Å². The topological polar surface area (TPSA) is 46.6 Å². The summed E-state index contributed by atoms with van der Waals surface area (Å²) in [5, 5.41) is 0. The van der Waals surface area contributed by atoms with Gasteiger partial charge < -0.3 is 4.74 Å². The number of nitrogens with zero attached hydrogens (tertiary/aromatic N) is 1. The number of unbranched alkanes of at least 4 members (excludes halogenated alkanes) is 1. The van der Waals surface area contributed by atoms with Gasteiger partial charge in [-0.3, -0.25) is 0 Å². The van der Waals surface area contributed by atoms with Crippen molar-refractivity contribution in [1.29, 1.82) is 0 Å².